The van der Waals surface area contributed by atoms with Gasteiger partial charge in [0.05, 0.1) is 0 Å². The van der Waals surface area contributed by atoms with E-state index in [0.29, 0.717) is 19.5 Å². The third kappa shape index (κ3) is 4.54. The smallest absolute Gasteiger partial charge is 0.317 e. The number of likely N-dealkylation sites (N-methyl/N-ethyl adjacent to an activating group) is 1. The second-order valence-corrected chi connectivity index (χ2v) is 6.97. The highest BCUT2D eigenvalue weighted by Gasteiger charge is 2.24. The fourth-order valence-electron chi connectivity index (χ4n) is 3.65. The van der Waals surface area contributed by atoms with Gasteiger partial charge in [-0.25, -0.2) is 4.79 Å². The van der Waals surface area contributed by atoms with Crippen LogP contribution in [0.15, 0.2) is 42.5 Å². The molecule has 26 heavy (non-hydrogen) atoms. The van der Waals surface area contributed by atoms with Crippen LogP contribution in [-0.2, 0) is 6.54 Å². The van der Waals surface area contributed by atoms with Crippen molar-refractivity contribution in [3.8, 4) is 0 Å². The lowest BCUT2D eigenvalue weighted by molar-refractivity contribution is 0.183. The molecule has 1 fully saturated rings. The number of likely N-dealkylation sites (tertiary alicyclic amines) is 1. The van der Waals surface area contributed by atoms with E-state index in [1.807, 2.05) is 23.1 Å². The van der Waals surface area contributed by atoms with E-state index < -0.39 is 0 Å². The van der Waals surface area contributed by atoms with Crippen LogP contribution in [0.3, 0.4) is 0 Å². The van der Waals surface area contributed by atoms with Gasteiger partial charge in [0, 0.05) is 38.8 Å². The molecular formula is C21H29N3O2. The maximum atomic E-state index is 12.9. The van der Waals surface area contributed by atoms with Crippen molar-refractivity contribution in [1.29, 1.82) is 0 Å². The summed E-state index contributed by atoms with van der Waals surface area (Å²) < 4.78 is 0. The zero-order valence-electron chi connectivity index (χ0n) is 15.5. The Hall–Kier alpha value is -2.11. The van der Waals surface area contributed by atoms with Crippen LogP contribution in [0.2, 0.25) is 0 Å². The summed E-state index contributed by atoms with van der Waals surface area (Å²) in [5, 5.41) is 14.8. The van der Waals surface area contributed by atoms with Gasteiger partial charge in [0.25, 0.3) is 0 Å². The number of amides is 2. The first kappa shape index (κ1) is 18.7. The first-order chi connectivity index (χ1) is 12.7. The number of hydrogen-bond donors (Lipinski definition) is 2. The van der Waals surface area contributed by atoms with Crippen molar-refractivity contribution in [1.82, 2.24) is 15.1 Å². The van der Waals surface area contributed by atoms with Gasteiger partial charge in [0.15, 0.2) is 0 Å². The number of nitrogens with one attached hydrogen (secondary N) is 1. The van der Waals surface area contributed by atoms with Crippen LogP contribution in [0.25, 0.3) is 10.8 Å². The third-order valence-electron chi connectivity index (χ3n) is 5.16. The van der Waals surface area contributed by atoms with Crippen molar-refractivity contribution >= 4 is 16.8 Å². The summed E-state index contributed by atoms with van der Waals surface area (Å²) in [5.74, 6) is 0. The van der Waals surface area contributed by atoms with Crippen LogP contribution >= 0.6 is 0 Å². The summed E-state index contributed by atoms with van der Waals surface area (Å²) in [6.07, 6.45) is 1.59. The molecule has 2 aromatic rings. The van der Waals surface area contributed by atoms with Gasteiger partial charge < -0.3 is 20.2 Å². The molecule has 1 saturated heterocycles. The number of aliphatic hydroxyl groups excluding tert-OH is 1. The SMILES string of the molecule is CCN1CC[C@@H](NC(=O)N(CCCO)Cc2cccc3ccccc23)C1. The highest BCUT2D eigenvalue weighted by atomic mass is 16.3. The van der Waals surface area contributed by atoms with Crippen molar-refractivity contribution in [3.05, 3.63) is 48.0 Å². The van der Waals surface area contributed by atoms with Crippen LogP contribution in [0.4, 0.5) is 4.79 Å². The normalized spacial score (nSPS) is 17.5. The number of carbonyl (C=O) groups is 1. The van der Waals surface area contributed by atoms with Gasteiger partial charge in [-0.1, -0.05) is 49.4 Å². The molecule has 0 radical (unpaired) electrons. The number of benzene rings is 2. The zero-order valence-corrected chi connectivity index (χ0v) is 15.5. The molecule has 0 unspecified atom stereocenters. The molecule has 5 heteroatoms. The van der Waals surface area contributed by atoms with Crippen LogP contribution < -0.4 is 5.32 Å². The predicted molar refractivity (Wildman–Crippen MR) is 105 cm³/mol. The minimum atomic E-state index is -0.0330. The molecule has 2 aromatic carbocycles. The van der Waals surface area contributed by atoms with E-state index in [4.69, 9.17) is 0 Å². The van der Waals surface area contributed by atoms with Gasteiger partial charge in [0.1, 0.15) is 0 Å². The third-order valence-corrected chi connectivity index (χ3v) is 5.16. The standard InChI is InChI=1S/C21H29N3O2/c1-2-23-13-11-19(16-23)22-21(26)24(12-6-14-25)15-18-9-5-8-17-7-3-4-10-20(17)18/h3-5,7-10,19,25H,2,6,11-16H2,1H3,(H,22,26)/t19-/m1/s1. The summed E-state index contributed by atoms with van der Waals surface area (Å²) in [4.78, 5) is 17.0. The van der Waals surface area contributed by atoms with Crippen LogP contribution in [-0.4, -0.2) is 59.8 Å². The number of rotatable bonds is 7. The molecule has 3 rings (SSSR count). The van der Waals surface area contributed by atoms with Gasteiger partial charge in [-0.05, 0) is 35.7 Å². The molecule has 0 bridgehead atoms. The average Bonchev–Trinajstić information content (AvgIpc) is 3.12. The maximum absolute atomic E-state index is 12.9. The number of fused-ring (bicyclic) bond motifs is 1. The Morgan fingerprint density at radius 3 is 2.85 bits per heavy atom. The van der Waals surface area contributed by atoms with Gasteiger partial charge >= 0.3 is 6.03 Å². The average molecular weight is 355 g/mol. The molecule has 2 N–H and O–H groups in total. The highest BCUT2D eigenvalue weighted by molar-refractivity contribution is 5.86. The van der Waals surface area contributed by atoms with E-state index in [-0.39, 0.29) is 18.7 Å². The van der Waals surface area contributed by atoms with Gasteiger partial charge in [0.2, 0.25) is 0 Å². The molecule has 0 saturated carbocycles. The van der Waals surface area contributed by atoms with E-state index >= 15 is 0 Å². The summed E-state index contributed by atoms with van der Waals surface area (Å²) >= 11 is 0. The molecule has 2 amide bonds. The fourth-order valence-corrected chi connectivity index (χ4v) is 3.65. The monoisotopic (exact) mass is 355 g/mol. The molecule has 1 aliphatic rings. The fraction of sp³-hybridized carbons (Fsp3) is 0.476. The molecule has 0 spiro atoms. The Kier molecular flexibility index (Phi) is 6.47. The molecular weight excluding hydrogens is 326 g/mol. The van der Waals surface area contributed by atoms with Crippen molar-refractivity contribution < 1.29 is 9.90 Å². The molecule has 5 nitrogen and oxygen atoms in total. The minimum absolute atomic E-state index is 0.0330. The zero-order chi connectivity index (χ0) is 18.4. The van der Waals surface area contributed by atoms with Crippen molar-refractivity contribution in [3.63, 3.8) is 0 Å². The Bertz CT molecular complexity index is 729. The quantitative estimate of drug-likeness (QED) is 0.803. The molecule has 1 aliphatic heterocycles. The van der Waals surface area contributed by atoms with E-state index in [9.17, 15) is 9.90 Å². The lowest BCUT2D eigenvalue weighted by atomic mass is 10.0. The van der Waals surface area contributed by atoms with E-state index in [0.717, 1.165) is 31.6 Å². The van der Waals surface area contributed by atoms with E-state index in [1.54, 1.807) is 0 Å². The lowest BCUT2D eigenvalue weighted by Crippen LogP contribution is -2.46. The number of hydrogen-bond acceptors (Lipinski definition) is 3. The molecule has 1 heterocycles. The van der Waals surface area contributed by atoms with E-state index in [2.05, 4.69) is 41.4 Å². The molecule has 140 valence electrons. The molecule has 1 atom stereocenters. The van der Waals surface area contributed by atoms with Crippen LogP contribution in [0.1, 0.15) is 25.3 Å². The Balaban J connectivity index is 1.72. The lowest BCUT2D eigenvalue weighted by Gasteiger charge is -2.26. The first-order valence-corrected chi connectivity index (χ1v) is 9.56. The summed E-state index contributed by atoms with van der Waals surface area (Å²) in [7, 11) is 0. The predicted octanol–water partition coefficient (Wildman–Crippen LogP) is 2.83. The van der Waals surface area contributed by atoms with Crippen molar-refractivity contribution in [2.24, 2.45) is 0 Å². The van der Waals surface area contributed by atoms with Gasteiger partial charge in [-0.15, -0.1) is 0 Å². The second-order valence-electron chi connectivity index (χ2n) is 6.97. The Morgan fingerprint density at radius 1 is 1.27 bits per heavy atom. The van der Waals surface area contributed by atoms with Crippen molar-refractivity contribution in [2.45, 2.75) is 32.4 Å². The number of carbonyl (C=O) groups excluding carboxylic acids is 1. The Labute approximate surface area is 155 Å². The van der Waals surface area contributed by atoms with E-state index in [1.165, 1.54) is 10.8 Å². The van der Waals surface area contributed by atoms with Crippen molar-refractivity contribution in [2.75, 3.05) is 32.8 Å². The van der Waals surface area contributed by atoms with Gasteiger partial charge in [-0.2, -0.15) is 0 Å². The van der Waals surface area contributed by atoms with Gasteiger partial charge in [-0.3, -0.25) is 0 Å². The first-order valence-electron chi connectivity index (χ1n) is 9.56. The number of urea groups is 1. The van der Waals surface area contributed by atoms with Crippen LogP contribution in [0, 0.1) is 0 Å². The van der Waals surface area contributed by atoms with Crippen LogP contribution in [0.5, 0.6) is 0 Å². The summed E-state index contributed by atoms with van der Waals surface area (Å²) in [6.45, 7) is 6.33. The largest absolute Gasteiger partial charge is 0.396 e. The summed E-state index contributed by atoms with van der Waals surface area (Å²) in [5.41, 5.74) is 1.14. The number of aliphatic hydroxyl groups is 1. The maximum Gasteiger partial charge on any atom is 0.317 e. The molecule has 0 aliphatic carbocycles. The topological polar surface area (TPSA) is 55.8 Å². The molecule has 0 aromatic heterocycles. The number of nitrogens with zero attached hydrogens (tertiary/aromatic N) is 2. The minimum Gasteiger partial charge on any atom is -0.396 e. The highest BCUT2D eigenvalue weighted by Crippen LogP contribution is 2.20. The summed E-state index contributed by atoms with van der Waals surface area (Å²) in [6, 6.07) is 14.6. The second kappa shape index (κ2) is 9.01. The Morgan fingerprint density at radius 2 is 2.08 bits per heavy atom.